The number of rotatable bonds is 3. The van der Waals surface area contributed by atoms with Crippen LogP contribution in [0.4, 0.5) is 18.0 Å². The number of carbonyl (C=O) groups excluding carboxylic acids is 1. The molecule has 0 saturated heterocycles. The molecule has 1 heterocycles. The van der Waals surface area contributed by atoms with Crippen LogP contribution in [0.15, 0.2) is 18.3 Å². The maximum absolute atomic E-state index is 11.7. The van der Waals surface area contributed by atoms with Crippen molar-refractivity contribution < 1.29 is 22.7 Å². The summed E-state index contributed by atoms with van der Waals surface area (Å²) in [6, 6.07) is 3.50. The highest BCUT2D eigenvalue weighted by Crippen LogP contribution is 2.14. The Balaban J connectivity index is 2.29. The second-order valence-electron chi connectivity index (χ2n) is 3.16. The van der Waals surface area contributed by atoms with Gasteiger partial charge in [-0.15, -0.1) is 0 Å². The van der Waals surface area contributed by atoms with E-state index in [1.54, 1.807) is 29.9 Å². The van der Waals surface area contributed by atoms with E-state index >= 15 is 0 Å². The third kappa shape index (κ3) is 4.24. The van der Waals surface area contributed by atoms with Gasteiger partial charge in [-0.2, -0.15) is 13.2 Å². The van der Waals surface area contributed by atoms with Crippen molar-refractivity contribution in [3.63, 3.8) is 0 Å². The molecule has 1 amide bonds. The molecule has 16 heavy (non-hydrogen) atoms. The van der Waals surface area contributed by atoms with Gasteiger partial charge in [0.1, 0.15) is 0 Å². The van der Waals surface area contributed by atoms with Gasteiger partial charge < -0.3 is 14.6 Å². The highest BCUT2D eigenvalue weighted by Gasteiger charge is 2.29. The molecule has 0 spiro atoms. The Kier molecular flexibility index (Phi) is 3.81. The second kappa shape index (κ2) is 4.91. The fourth-order valence-electron chi connectivity index (χ4n) is 1.04. The van der Waals surface area contributed by atoms with Gasteiger partial charge in [-0.1, -0.05) is 0 Å². The van der Waals surface area contributed by atoms with E-state index < -0.39 is 18.9 Å². The van der Waals surface area contributed by atoms with Crippen molar-refractivity contribution in [2.45, 2.75) is 12.7 Å². The maximum Gasteiger partial charge on any atom is 0.422 e. The van der Waals surface area contributed by atoms with E-state index in [-0.39, 0.29) is 6.54 Å². The number of hydrogen-bond acceptors (Lipinski definition) is 2. The Morgan fingerprint density at radius 3 is 2.75 bits per heavy atom. The number of hydrogen-bond donors (Lipinski definition) is 1. The lowest BCUT2D eigenvalue weighted by Gasteiger charge is -2.09. The molecule has 0 aromatic carbocycles. The van der Waals surface area contributed by atoms with Gasteiger partial charge in [0, 0.05) is 18.9 Å². The number of alkyl carbamates (subject to hydrolysis) is 1. The van der Waals surface area contributed by atoms with Crippen molar-refractivity contribution in [1.29, 1.82) is 0 Å². The number of aryl methyl sites for hydroxylation is 1. The Labute approximate surface area is 90.0 Å². The van der Waals surface area contributed by atoms with Crippen LogP contribution in [0.3, 0.4) is 0 Å². The molecular weight excluding hydrogens is 225 g/mol. The van der Waals surface area contributed by atoms with Crippen LogP contribution < -0.4 is 5.32 Å². The van der Waals surface area contributed by atoms with Gasteiger partial charge in [0.05, 0.1) is 6.54 Å². The number of alkyl halides is 3. The predicted molar refractivity (Wildman–Crippen MR) is 49.7 cm³/mol. The Morgan fingerprint density at radius 1 is 1.56 bits per heavy atom. The molecule has 90 valence electrons. The molecule has 0 atom stereocenters. The number of carbonyl (C=O) groups is 1. The molecule has 0 radical (unpaired) electrons. The van der Waals surface area contributed by atoms with Crippen LogP contribution in [0.1, 0.15) is 5.69 Å². The normalized spacial score (nSPS) is 11.2. The summed E-state index contributed by atoms with van der Waals surface area (Å²) in [7, 11) is 1.76. The molecule has 0 fully saturated rings. The molecular formula is C9H11F3N2O2. The minimum Gasteiger partial charge on any atom is -0.440 e. The van der Waals surface area contributed by atoms with E-state index in [0.29, 0.717) is 0 Å². The molecule has 4 nitrogen and oxygen atoms in total. The summed E-state index contributed by atoms with van der Waals surface area (Å²) in [5.74, 6) is 0. The summed E-state index contributed by atoms with van der Waals surface area (Å²) >= 11 is 0. The van der Waals surface area contributed by atoms with E-state index in [4.69, 9.17) is 0 Å². The molecule has 1 aromatic rings. The summed E-state index contributed by atoms with van der Waals surface area (Å²) in [6.07, 6.45) is -3.82. The first-order valence-corrected chi connectivity index (χ1v) is 4.46. The van der Waals surface area contributed by atoms with Gasteiger partial charge in [0.15, 0.2) is 6.61 Å². The molecule has 0 unspecified atom stereocenters. The van der Waals surface area contributed by atoms with Crippen molar-refractivity contribution in [2.24, 2.45) is 7.05 Å². The van der Waals surface area contributed by atoms with Crippen LogP contribution in [-0.4, -0.2) is 23.4 Å². The molecule has 0 bridgehead atoms. The van der Waals surface area contributed by atoms with Gasteiger partial charge in [-0.3, -0.25) is 0 Å². The maximum atomic E-state index is 11.7. The zero-order valence-corrected chi connectivity index (χ0v) is 8.54. The van der Waals surface area contributed by atoms with Crippen molar-refractivity contribution in [3.8, 4) is 0 Å². The van der Waals surface area contributed by atoms with Crippen LogP contribution >= 0.6 is 0 Å². The third-order valence-electron chi connectivity index (χ3n) is 1.83. The summed E-state index contributed by atoms with van der Waals surface area (Å²) in [5.41, 5.74) is 0.768. The summed E-state index contributed by atoms with van der Waals surface area (Å²) in [6.45, 7) is -1.45. The standard InChI is InChI=1S/C9H11F3N2O2/c1-14-4-2-3-7(14)5-13-8(15)16-6-9(10,11)12/h2-4H,5-6H2,1H3,(H,13,15). The van der Waals surface area contributed by atoms with Crippen molar-refractivity contribution in [1.82, 2.24) is 9.88 Å². The Morgan fingerprint density at radius 2 is 2.25 bits per heavy atom. The van der Waals surface area contributed by atoms with E-state index in [0.717, 1.165) is 5.69 Å². The molecule has 7 heteroatoms. The molecule has 1 rings (SSSR count). The predicted octanol–water partition coefficient (Wildman–Crippen LogP) is 1.81. The van der Waals surface area contributed by atoms with Gasteiger partial charge in [-0.05, 0) is 12.1 Å². The smallest absolute Gasteiger partial charge is 0.422 e. The average Bonchev–Trinajstić information content (AvgIpc) is 2.57. The number of ether oxygens (including phenoxy) is 1. The first-order chi connectivity index (χ1) is 7.38. The largest absolute Gasteiger partial charge is 0.440 e. The quantitative estimate of drug-likeness (QED) is 0.869. The van der Waals surface area contributed by atoms with Crippen LogP contribution in [0.2, 0.25) is 0 Å². The van der Waals surface area contributed by atoms with Crippen molar-refractivity contribution >= 4 is 6.09 Å². The van der Waals surface area contributed by atoms with E-state index in [1.807, 2.05) is 0 Å². The van der Waals surface area contributed by atoms with Crippen LogP contribution in [0.5, 0.6) is 0 Å². The first-order valence-electron chi connectivity index (χ1n) is 4.46. The summed E-state index contributed by atoms with van der Waals surface area (Å²) in [5, 5.41) is 2.22. The van der Waals surface area contributed by atoms with E-state index in [9.17, 15) is 18.0 Å². The number of amides is 1. The van der Waals surface area contributed by atoms with E-state index in [2.05, 4.69) is 10.1 Å². The number of halogens is 3. The minimum atomic E-state index is -4.50. The molecule has 0 aliphatic rings. The SMILES string of the molecule is Cn1cccc1CNC(=O)OCC(F)(F)F. The average molecular weight is 236 g/mol. The zero-order valence-electron chi connectivity index (χ0n) is 8.54. The highest BCUT2D eigenvalue weighted by molar-refractivity contribution is 5.67. The minimum absolute atomic E-state index is 0.125. The fourth-order valence-corrected chi connectivity index (χ4v) is 1.04. The fraction of sp³-hybridized carbons (Fsp3) is 0.444. The van der Waals surface area contributed by atoms with Gasteiger partial charge in [-0.25, -0.2) is 4.79 Å². The summed E-state index contributed by atoms with van der Waals surface area (Å²) < 4.78 is 40.8. The van der Waals surface area contributed by atoms with Gasteiger partial charge >= 0.3 is 12.3 Å². The molecule has 0 saturated carbocycles. The lowest BCUT2D eigenvalue weighted by Crippen LogP contribution is -2.29. The molecule has 1 N–H and O–H groups in total. The number of nitrogens with one attached hydrogen (secondary N) is 1. The first kappa shape index (κ1) is 12.4. The highest BCUT2D eigenvalue weighted by atomic mass is 19.4. The van der Waals surface area contributed by atoms with Crippen molar-refractivity contribution in [2.75, 3.05) is 6.61 Å². The van der Waals surface area contributed by atoms with Crippen molar-refractivity contribution in [3.05, 3.63) is 24.0 Å². The number of aromatic nitrogens is 1. The van der Waals surface area contributed by atoms with Crippen LogP contribution in [0, 0.1) is 0 Å². The van der Waals surface area contributed by atoms with Crippen LogP contribution in [0.25, 0.3) is 0 Å². The lowest BCUT2D eigenvalue weighted by atomic mass is 10.4. The Hall–Kier alpha value is -1.66. The summed E-state index contributed by atoms with van der Waals surface area (Å²) in [4.78, 5) is 10.9. The lowest BCUT2D eigenvalue weighted by molar-refractivity contribution is -0.160. The third-order valence-corrected chi connectivity index (χ3v) is 1.83. The zero-order chi connectivity index (χ0) is 12.2. The molecule has 1 aromatic heterocycles. The van der Waals surface area contributed by atoms with E-state index in [1.165, 1.54) is 0 Å². The topological polar surface area (TPSA) is 43.3 Å². The van der Waals surface area contributed by atoms with Crippen LogP contribution in [-0.2, 0) is 18.3 Å². The van der Waals surface area contributed by atoms with Gasteiger partial charge in [0.25, 0.3) is 0 Å². The number of nitrogens with zero attached hydrogens (tertiary/aromatic N) is 1. The second-order valence-corrected chi connectivity index (χ2v) is 3.16. The Bertz CT molecular complexity index is 360. The van der Waals surface area contributed by atoms with Gasteiger partial charge in [0.2, 0.25) is 0 Å². The molecule has 0 aliphatic carbocycles. The monoisotopic (exact) mass is 236 g/mol. The molecule has 0 aliphatic heterocycles.